The molecule has 1 amide bonds. The van der Waals surface area contributed by atoms with Crippen molar-refractivity contribution in [2.75, 3.05) is 0 Å². The number of aromatic nitrogens is 1. The smallest absolute Gasteiger partial charge is 0.263 e. The SMILES string of the molecule is NC1CC2CCCC(C1)C2NC(=O)c1cnc(Cc2ccc(F)cc2)s1. The average Bonchev–Trinajstić information content (AvgIpc) is 3.06. The Labute approximate surface area is 157 Å². The van der Waals surface area contributed by atoms with Crippen LogP contribution in [0.25, 0.3) is 0 Å². The van der Waals surface area contributed by atoms with Gasteiger partial charge in [-0.15, -0.1) is 11.3 Å². The molecule has 2 aliphatic carbocycles. The van der Waals surface area contributed by atoms with Crippen LogP contribution >= 0.6 is 11.3 Å². The zero-order valence-corrected chi connectivity index (χ0v) is 15.5. The summed E-state index contributed by atoms with van der Waals surface area (Å²) in [4.78, 5) is 17.7. The van der Waals surface area contributed by atoms with Crippen molar-refractivity contribution in [3.63, 3.8) is 0 Å². The number of carbonyl (C=O) groups is 1. The van der Waals surface area contributed by atoms with Crippen molar-refractivity contribution < 1.29 is 9.18 Å². The van der Waals surface area contributed by atoms with E-state index >= 15 is 0 Å². The number of rotatable bonds is 4. The molecule has 0 saturated heterocycles. The topological polar surface area (TPSA) is 68.0 Å². The van der Waals surface area contributed by atoms with Crippen LogP contribution in [0.1, 0.15) is 52.3 Å². The van der Waals surface area contributed by atoms with Gasteiger partial charge < -0.3 is 11.1 Å². The van der Waals surface area contributed by atoms with Crippen molar-refractivity contribution in [1.82, 2.24) is 10.3 Å². The van der Waals surface area contributed by atoms with E-state index in [0.29, 0.717) is 23.1 Å². The minimum absolute atomic E-state index is 0.0229. The fraction of sp³-hybridized carbons (Fsp3) is 0.500. The monoisotopic (exact) mass is 373 g/mol. The van der Waals surface area contributed by atoms with Gasteiger partial charge in [0.2, 0.25) is 0 Å². The van der Waals surface area contributed by atoms with Gasteiger partial charge in [-0.25, -0.2) is 9.37 Å². The van der Waals surface area contributed by atoms with Crippen LogP contribution in [-0.4, -0.2) is 23.0 Å². The minimum Gasteiger partial charge on any atom is -0.348 e. The number of nitrogens with zero attached hydrogens (tertiary/aromatic N) is 1. The molecular formula is C20H24FN3OS. The first-order chi connectivity index (χ1) is 12.6. The standard InChI is InChI=1S/C20H24FN3OS/c21-15-6-4-12(5-7-15)8-18-23-11-17(26-18)20(25)24-19-13-2-1-3-14(19)10-16(22)9-13/h4-7,11,13-14,16,19H,1-3,8-10,22H2,(H,24,25). The maximum Gasteiger partial charge on any atom is 0.263 e. The number of benzene rings is 1. The number of amides is 1. The van der Waals surface area contributed by atoms with E-state index in [0.717, 1.165) is 36.3 Å². The van der Waals surface area contributed by atoms with E-state index in [1.807, 2.05) is 0 Å². The normalized spacial score (nSPS) is 27.9. The summed E-state index contributed by atoms with van der Waals surface area (Å²) in [6.07, 6.45) is 7.86. The quantitative estimate of drug-likeness (QED) is 0.862. The lowest BCUT2D eigenvalue weighted by Crippen LogP contribution is -2.53. The highest BCUT2D eigenvalue weighted by Crippen LogP contribution is 2.39. The summed E-state index contributed by atoms with van der Waals surface area (Å²) in [6.45, 7) is 0. The molecular weight excluding hydrogens is 349 g/mol. The van der Waals surface area contributed by atoms with Crippen LogP contribution in [0.3, 0.4) is 0 Å². The van der Waals surface area contributed by atoms with Crippen LogP contribution in [0.5, 0.6) is 0 Å². The molecule has 4 nitrogen and oxygen atoms in total. The Morgan fingerprint density at radius 3 is 2.62 bits per heavy atom. The van der Waals surface area contributed by atoms with Crippen molar-refractivity contribution >= 4 is 17.2 Å². The summed E-state index contributed by atoms with van der Waals surface area (Å²) < 4.78 is 13.0. The van der Waals surface area contributed by atoms with Gasteiger partial charge in [-0.05, 0) is 55.2 Å². The maximum atomic E-state index is 13.0. The second-order valence-corrected chi connectivity index (χ2v) is 8.72. The Morgan fingerprint density at radius 1 is 1.23 bits per heavy atom. The second-order valence-electron chi connectivity index (χ2n) is 7.60. The van der Waals surface area contributed by atoms with Gasteiger partial charge in [0, 0.05) is 18.5 Å². The lowest BCUT2D eigenvalue weighted by atomic mass is 9.67. The molecule has 2 saturated carbocycles. The molecule has 1 heterocycles. The van der Waals surface area contributed by atoms with Gasteiger partial charge in [0.05, 0.1) is 11.2 Å². The fourth-order valence-corrected chi connectivity index (χ4v) is 5.38. The van der Waals surface area contributed by atoms with Crippen LogP contribution in [0.15, 0.2) is 30.5 Å². The summed E-state index contributed by atoms with van der Waals surface area (Å²) in [6, 6.07) is 6.93. The molecule has 2 atom stereocenters. The molecule has 2 aromatic rings. The second kappa shape index (κ2) is 7.45. The minimum atomic E-state index is -0.245. The molecule has 6 heteroatoms. The van der Waals surface area contributed by atoms with E-state index in [1.54, 1.807) is 18.3 Å². The fourth-order valence-electron chi connectivity index (χ4n) is 4.52. The lowest BCUT2D eigenvalue weighted by molar-refractivity contribution is 0.0759. The molecule has 1 aromatic heterocycles. The third-order valence-corrected chi connectivity index (χ3v) is 6.72. The molecule has 0 aliphatic heterocycles. The van der Waals surface area contributed by atoms with E-state index in [2.05, 4.69) is 10.3 Å². The highest BCUT2D eigenvalue weighted by molar-refractivity contribution is 7.13. The van der Waals surface area contributed by atoms with Crippen LogP contribution in [0.2, 0.25) is 0 Å². The number of fused-ring (bicyclic) bond motifs is 2. The van der Waals surface area contributed by atoms with Gasteiger partial charge in [0.1, 0.15) is 10.7 Å². The zero-order chi connectivity index (χ0) is 18.1. The summed E-state index contributed by atoms with van der Waals surface area (Å²) in [5.74, 6) is 0.747. The number of nitrogens with one attached hydrogen (secondary N) is 1. The van der Waals surface area contributed by atoms with Crippen molar-refractivity contribution in [1.29, 1.82) is 0 Å². The maximum absolute atomic E-state index is 13.0. The number of carbonyl (C=O) groups excluding carboxylic acids is 1. The molecule has 2 aliphatic rings. The highest BCUT2D eigenvalue weighted by Gasteiger charge is 2.40. The Hall–Kier alpha value is -1.79. The Bertz CT molecular complexity index is 762. The largest absolute Gasteiger partial charge is 0.348 e. The molecule has 2 unspecified atom stereocenters. The first-order valence-electron chi connectivity index (χ1n) is 9.34. The number of thiazole rings is 1. The Kier molecular flexibility index (Phi) is 5.05. The predicted octanol–water partition coefficient (Wildman–Crippen LogP) is 3.51. The zero-order valence-electron chi connectivity index (χ0n) is 14.7. The summed E-state index contributed by atoms with van der Waals surface area (Å²) in [5.41, 5.74) is 7.16. The number of halogens is 1. The molecule has 2 fully saturated rings. The van der Waals surface area contributed by atoms with E-state index in [9.17, 15) is 9.18 Å². The van der Waals surface area contributed by atoms with Gasteiger partial charge in [-0.2, -0.15) is 0 Å². The summed E-state index contributed by atoms with van der Waals surface area (Å²) >= 11 is 1.42. The van der Waals surface area contributed by atoms with Crippen molar-refractivity contribution in [2.45, 2.75) is 50.6 Å². The third kappa shape index (κ3) is 3.81. The third-order valence-electron chi connectivity index (χ3n) is 5.72. The van der Waals surface area contributed by atoms with Gasteiger partial charge in [0.15, 0.2) is 0 Å². The van der Waals surface area contributed by atoms with E-state index in [-0.39, 0.29) is 23.8 Å². The van der Waals surface area contributed by atoms with Crippen LogP contribution in [0, 0.1) is 17.7 Å². The Morgan fingerprint density at radius 2 is 1.92 bits per heavy atom. The molecule has 2 bridgehead atoms. The van der Waals surface area contributed by atoms with E-state index in [1.165, 1.54) is 29.9 Å². The number of nitrogens with two attached hydrogens (primary N) is 1. The van der Waals surface area contributed by atoms with Gasteiger partial charge in [-0.3, -0.25) is 4.79 Å². The van der Waals surface area contributed by atoms with Crippen molar-refractivity contribution in [3.05, 3.63) is 51.7 Å². The summed E-state index contributed by atoms with van der Waals surface area (Å²) in [5, 5.41) is 4.14. The van der Waals surface area contributed by atoms with Crippen molar-refractivity contribution in [3.8, 4) is 0 Å². The molecule has 0 radical (unpaired) electrons. The van der Waals surface area contributed by atoms with Crippen molar-refractivity contribution in [2.24, 2.45) is 17.6 Å². The first kappa shape index (κ1) is 17.6. The van der Waals surface area contributed by atoms with Gasteiger partial charge >= 0.3 is 0 Å². The average molecular weight is 373 g/mol. The highest BCUT2D eigenvalue weighted by atomic mass is 32.1. The van der Waals surface area contributed by atoms with Gasteiger partial charge in [-0.1, -0.05) is 18.6 Å². The van der Waals surface area contributed by atoms with Crippen LogP contribution < -0.4 is 11.1 Å². The molecule has 138 valence electrons. The molecule has 1 aromatic carbocycles. The molecule has 4 rings (SSSR count). The van der Waals surface area contributed by atoms with E-state index < -0.39 is 0 Å². The summed E-state index contributed by atoms with van der Waals surface area (Å²) in [7, 11) is 0. The number of hydrogen-bond donors (Lipinski definition) is 2. The van der Waals surface area contributed by atoms with E-state index in [4.69, 9.17) is 5.73 Å². The van der Waals surface area contributed by atoms with Crippen LogP contribution in [0.4, 0.5) is 4.39 Å². The van der Waals surface area contributed by atoms with Crippen LogP contribution in [-0.2, 0) is 6.42 Å². The number of hydrogen-bond acceptors (Lipinski definition) is 4. The molecule has 26 heavy (non-hydrogen) atoms. The molecule has 0 spiro atoms. The van der Waals surface area contributed by atoms with Gasteiger partial charge in [0.25, 0.3) is 5.91 Å². The lowest BCUT2D eigenvalue weighted by Gasteiger charge is -2.45. The predicted molar refractivity (Wildman–Crippen MR) is 101 cm³/mol. The first-order valence-corrected chi connectivity index (χ1v) is 10.2. The molecule has 3 N–H and O–H groups in total. The Balaban J connectivity index is 1.41.